The molecule has 0 radical (unpaired) electrons. The maximum absolute atomic E-state index is 12.1. The monoisotopic (exact) mass is 373 g/mol. The van der Waals surface area contributed by atoms with Crippen molar-refractivity contribution < 1.29 is 9.53 Å². The van der Waals surface area contributed by atoms with E-state index in [1.54, 1.807) is 7.11 Å². The smallest absolute Gasteiger partial charge is 0.232 e. The Morgan fingerprint density at radius 1 is 1.23 bits per heavy atom. The SMILES string of the molecule is COc1ccc(N2CCn3c(SCC(=O)NC4CCCC4)nnc32)cc1. The first-order valence-electron chi connectivity index (χ1n) is 9.01. The summed E-state index contributed by atoms with van der Waals surface area (Å²) in [4.78, 5) is 14.3. The van der Waals surface area contributed by atoms with Gasteiger partial charge in [-0.3, -0.25) is 9.36 Å². The summed E-state index contributed by atoms with van der Waals surface area (Å²) >= 11 is 1.46. The summed E-state index contributed by atoms with van der Waals surface area (Å²) in [6.07, 6.45) is 4.65. The number of methoxy groups -OCH3 is 1. The lowest BCUT2D eigenvalue weighted by Crippen LogP contribution is -2.33. The van der Waals surface area contributed by atoms with Gasteiger partial charge in [0.1, 0.15) is 5.75 Å². The first-order valence-corrected chi connectivity index (χ1v) is 10.00. The molecule has 1 aromatic carbocycles. The van der Waals surface area contributed by atoms with Gasteiger partial charge < -0.3 is 15.0 Å². The fourth-order valence-corrected chi connectivity index (χ4v) is 4.33. The van der Waals surface area contributed by atoms with Gasteiger partial charge in [0.2, 0.25) is 11.9 Å². The van der Waals surface area contributed by atoms with Crippen molar-refractivity contribution >= 4 is 29.3 Å². The molecule has 4 rings (SSSR count). The maximum Gasteiger partial charge on any atom is 0.232 e. The van der Waals surface area contributed by atoms with E-state index in [0.717, 1.165) is 48.5 Å². The van der Waals surface area contributed by atoms with Gasteiger partial charge in [0.05, 0.1) is 12.9 Å². The molecule has 1 aliphatic heterocycles. The van der Waals surface area contributed by atoms with E-state index in [4.69, 9.17) is 4.74 Å². The van der Waals surface area contributed by atoms with Gasteiger partial charge in [-0.15, -0.1) is 10.2 Å². The average Bonchev–Trinajstić information content (AvgIpc) is 3.38. The van der Waals surface area contributed by atoms with E-state index in [0.29, 0.717) is 11.8 Å². The molecule has 2 aromatic rings. The molecular formula is C18H23N5O2S. The van der Waals surface area contributed by atoms with Crippen molar-refractivity contribution in [1.82, 2.24) is 20.1 Å². The Hall–Kier alpha value is -2.22. The van der Waals surface area contributed by atoms with E-state index in [2.05, 4.69) is 25.0 Å². The Balaban J connectivity index is 1.39. The molecule has 0 saturated heterocycles. The lowest BCUT2D eigenvalue weighted by molar-refractivity contribution is -0.119. The number of aromatic nitrogens is 3. The second-order valence-corrected chi connectivity index (χ2v) is 7.56. The van der Waals surface area contributed by atoms with Crippen LogP contribution in [0.25, 0.3) is 0 Å². The molecule has 7 nitrogen and oxygen atoms in total. The molecule has 1 saturated carbocycles. The summed E-state index contributed by atoms with van der Waals surface area (Å²) < 4.78 is 7.30. The van der Waals surface area contributed by atoms with Crippen LogP contribution in [0.1, 0.15) is 25.7 Å². The minimum atomic E-state index is 0.0873. The predicted octanol–water partition coefficient (Wildman–Crippen LogP) is 2.59. The van der Waals surface area contributed by atoms with E-state index in [-0.39, 0.29) is 5.91 Å². The fraction of sp³-hybridized carbons (Fsp3) is 0.500. The standard InChI is InChI=1S/C18H23N5O2S/c1-25-15-8-6-14(7-9-15)22-10-11-23-17(22)20-21-18(23)26-12-16(24)19-13-4-2-3-5-13/h6-9,13H,2-5,10-12H2,1H3,(H,19,24). The second kappa shape index (κ2) is 7.57. The van der Waals surface area contributed by atoms with Gasteiger partial charge >= 0.3 is 0 Å². The molecule has 0 spiro atoms. The minimum Gasteiger partial charge on any atom is -0.497 e. The molecule has 26 heavy (non-hydrogen) atoms. The zero-order chi connectivity index (χ0) is 17.9. The molecule has 8 heteroatoms. The molecule has 1 aliphatic carbocycles. The Kier molecular flexibility index (Phi) is 5.01. The normalized spacial score (nSPS) is 16.7. The summed E-state index contributed by atoms with van der Waals surface area (Å²) in [5.74, 6) is 2.13. The number of nitrogens with zero attached hydrogens (tertiary/aromatic N) is 4. The maximum atomic E-state index is 12.1. The van der Waals surface area contributed by atoms with Gasteiger partial charge in [0.15, 0.2) is 5.16 Å². The van der Waals surface area contributed by atoms with Gasteiger partial charge in [-0.25, -0.2) is 0 Å². The molecule has 1 amide bonds. The average molecular weight is 373 g/mol. The van der Waals surface area contributed by atoms with Crippen molar-refractivity contribution in [2.75, 3.05) is 24.3 Å². The molecule has 2 heterocycles. The first-order chi connectivity index (χ1) is 12.7. The van der Waals surface area contributed by atoms with Gasteiger partial charge in [-0.2, -0.15) is 0 Å². The highest BCUT2D eigenvalue weighted by Gasteiger charge is 2.26. The number of anilines is 2. The Morgan fingerprint density at radius 3 is 2.73 bits per heavy atom. The van der Waals surface area contributed by atoms with Crippen molar-refractivity contribution in [2.45, 2.75) is 43.4 Å². The molecule has 0 atom stereocenters. The first kappa shape index (κ1) is 17.2. The summed E-state index contributed by atoms with van der Waals surface area (Å²) in [5, 5.41) is 12.5. The third-order valence-electron chi connectivity index (χ3n) is 4.92. The van der Waals surface area contributed by atoms with Crippen molar-refractivity contribution in [2.24, 2.45) is 0 Å². The van der Waals surface area contributed by atoms with Crippen molar-refractivity contribution in [3.63, 3.8) is 0 Å². The highest BCUT2D eigenvalue weighted by molar-refractivity contribution is 7.99. The number of ether oxygens (including phenoxy) is 1. The third-order valence-corrected chi connectivity index (χ3v) is 5.89. The minimum absolute atomic E-state index is 0.0873. The number of amides is 1. The molecule has 0 bridgehead atoms. The number of thioether (sulfide) groups is 1. The van der Waals surface area contributed by atoms with Crippen molar-refractivity contribution in [3.05, 3.63) is 24.3 Å². The predicted molar refractivity (Wildman–Crippen MR) is 101 cm³/mol. The van der Waals surface area contributed by atoms with Crippen LogP contribution in [0.3, 0.4) is 0 Å². The van der Waals surface area contributed by atoms with Gasteiger partial charge in [-0.05, 0) is 37.1 Å². The van der Waals surface area contributed by atoms with Crippen molar-refractivity contribution in [1.29, 1.82) is 0 Å². The number of fused-ring (bicyclic) bond motifs is 1. The fourth-order valence-electron chi connectivity index (χ4n) is 3.56. The Morgan fingerprint density at radius 2 is 2.00 bits per heavy atom. The molecular weight excluding hydrogens is 350 g/mol. The summed E-state index contributed by atoms with van der Waals surface area (Å²) in [6.45, 7) is 1.67. The van der Waals surface area contributed by atoms with E-state index < -0.39 is 0 Å². The van der Waals surface area contributed by atoms with Crippen LogP contribution in [0.5, 0.6) is 5.75 Å². The molecule has 1 aromatic heterocycles. The summed E-state index contributed by atoms with van der Waals surface area (Å²) in [7, 11) is 1.66. The number of hydrogen-bond acceptors (Lipinski definition) is 6. The molecule has 138 valence electrons. The van der Waals surface area contributed by atoms with Crippen LogP contribution >= 0.6 is 11.8 Å². The largest absolute Gasteiger partial charge is 0.497 e. The molecule has 1 N–H and O–H groups in total. The molecule has 0 unspecified atom stereocenters. The molecule has 2 aliphatic rings. The van der Waals surface area contributed by atoms with Crippen LogP contribution in [0.2, 0.25) is 0 Å². The Bertz CT molecular complexity index is 770. The number of carbonyl (C=O) groups excluding carboxylic acids is 1. The number of benzene rings is 1. The quantitative estimate of drug-likeness (QED) is 0.785. The lowest BCUT2D eigenvalue weighted by Gasteiger charge is -2.15. The van der Waals surface area contributed by atoms with E-state index in [1.807, 2.05) is 24.3 Å². The van der Waals surface area contributed by atoms with E-state index in [9.17, 15) is 4.79 Å². The van der Waals surface area contributed by atoms with Crippen LogP contribution in [-0.2, 0) is 11.3 Å². The zero-order valence-electron chi connectivity index (χ0n) is 14.9. The highest BCUT2D eigenvalue weighted by atomic mass is 32.2. The van der Waals surface area contributed by atoms with Crippen LogP contribution in [0, 0.1) is 0 Å². The number of nitrogens with one attached hydrogen (secondary N) is 1. The summed E-state index contributed by atoms with van der Waals surface area (Å²) in [6, 6.07) is 8.28. The van der Waals surface area contributed by atoms with E-state index >= 15 is 0 Å². The van der Waals surface area contributed by atoms with Gasteiger partial charge in [-0.1, -0.05) is 24.6 Å². The third kappa shape index (κ3) is 3.51. The van der Waals surface area contributed by atoms with Crippen LogP contribution in [-0.4, -0.2) is 46.1 Å². The van der Waals surface area contributed by atoms with E-state index in [1.165, 1.54) is 24.6 Å². The van der Waals surface area contributed by atoms with Crippen LogP contribution in [0.4, 0.5) is 11.6 Å². The number of hydrogen-bond donors (Lipinski definition) is 1. The Labute approximate surface area is 157 Å². The number of carbonyl (C=O) groups is 1. The number of rotatable bonds is 6. The second-order valence-electron chi connectivity index (χ2n) is 6.62. The summed E-state index contributed by atoms with van der Waals surface area (Å²) in [5.41, 5.74) is 1.06. The topological polar surface area (TPSA) is 72.3 Å². The van der Waals surface area contributed by atoms with Crippen molar-refractivity contribution in [3.8, 4) is 5.75 Å². The lowest BCUT2D eigenvalue weighted by atomic mass is 10.2. The van der Waals surface area contributed by atoms with Gasteiger partial charge in [0, 0.05) is 24.8 Å². The zero-order valence-corrected chi connectivity index (χ0v) is 15.7. The van der Waals surface area contributed by atoms with Crippen LogP contribution < -0.4 is 15.0 Å². The highest BCUT2D eigenvalue weighted by Crippen LogP contribution is 2.32. The van der Waals surface area contributed by atoms with Gasteiger partial charge in [0.25, 0.3) is 0 Å². The van der Waals surface area contributed by atoms with Crippen LogP contribution in [0.15, 0.2) is 29.4 Å². The molecule has 1 fully saturated rings.